The minimum atomic E-state index is -0.784. The van der Waals surface area contributed by atoms with E-state index in [0.29, 0.717) is 15.6 Å². The Hall–Kier alpha value is -2.97. The lowest BCUT2D eigenvalue weighted by atomic mass is 10.2. The van der Waals surface area contributed by atoms with E-state index in [-0.39, 0.29) is 19.0 Å². The molecule has 8 nitrogen and oxygen atoms in total. The van der Waals surface area contributed by atoms with Crippen molar-refractivity contribution < 1.29 is 19.8 Å². The molecule has 0 spiro atoms. The van der Waals surface area contributed by atoms with Gasteiger partial charge in [0.05, 0.1) is 11.0 Å². The van der Waals surface area contributed by atoms with Gasteiger partial charge < -0.3 is 26.2 Å². The molecule has 2 amide bonds. The molecule has 27 heavy (non-hydrogen) atoms. The van der Waals surface area contributed by atoms with Crippen LogP contribution < -0.4 is 16.0 Å². The van der Waals surface area contributed by atoms with Crippen LogP contribution in [0, 0.1) is 0 Å². The van der Waals surface area contributed by atoms with Crippen molar-refractivity contribution in [1.82, 2.24) is 5.32 Å². The monoisotopic (exact) mass is 388 g/mol. The van der Waals surface area contributed by atoms with Crippen LogP contribution in [0.5, 0.6) is 0 Å². The first-order valence-electron chi connectivity index (χ1n) is 8.05. The molecule has 0 aliphatic heterocycles. The lowest BCUT2D eigenvalue weighted by Crippen LogP contribution is -2.35. The first kappa shape index (κ1) is 20.3. The van der Waals surface area contributed by atoms with Gasteiger partial charge in [0.25, 0.3) is 5.91 Å². The van der Waals surface area contributed by atoms with Crippen molar-refractivity contribution >= 4 is 45.4 Å². The molecule has 0 aliphatic rings. The molecule has 0 saturated heterocycles. The highest BCUT2D eigenvalue weighted by Crippen LogP contribution is 2.24. The molecule has 2 aromatic rings. The lowest BCUT2D eigenvalue weighted by molar-refractivity contribution is -0.118. The molecule has 1 heterocycles. The summed E-state index contributed by atoms with van der Waals surface area (Å²) in [6.45, 7) is 3.13. The third-order valence-corrected chi connectivity index (χ3v) is 4.34. The number of thiophene rings is 1. The molecule has 1 aromatic carbocycles. The van der Waals surface area contributed by atoms with Crippen LogP contribution in [0.15, 0.2) is 48.0 Å². The Morgan fingerprint density at radius 2 is 1.85 bits per heavy atom. The molecule has 0 aliphatic carbocycles. The average molecular weight is 388 g/mol. The summed E-state index contributed by atoms with van der Waals surface area (Å²) in [5.74, 6) is 1.63. The second-order valence-corrected chi connectivity index (χ2v) is 6.50. The first-order chi connectivity index (χ1) is 13.0. The van der Waals surface area contributed by atoms with Crippen molar-refractivity contribution in [3.05, 3.63) is 47.9 Å². The van der Waals surface area contributed by atoms with Gasteiger partial charge in [-0.25, -0.2) is 0 Å². The highest BCUT2D eigenvalue weighted by molar-refractivity contribution is 7.17. The van der Waals surface area contributed by atoms with E-state index in [2.05, 4.69) is 33.4 Å². The molecule has 0 bridgehead atoms. The number of carbonyl (C=O) groups excluding carboxylic acids is 2. The van der Waals surface area contributed by atoms with Crippen molar-refractivity contribution in [1.29, 1.82) is 0 Å². The van der Waals surface area contributed by atoms with Gasteiger partial charge in [-0.2, -0.15) is 4.99 Å². The third-order valence-electron chi connectivity index (χ3n) is 3.36. The maximum atomic E-state index is 12.0. The van der Waals surface area contributed by atoms with Crippen molar-refractivity contribution in [2.24, 2.45) is 4.99 Å². The van der Waals surface area contributed by atoms with Crippen molar-refractivity contribution in [3.8, 4) is 0 Å². The number of benzene rings is 1. The molecule has 0 radical (unpaired) electrons. The number of aliphatic hydroxyl groups is 2. The SMILES string of the molecule is C=C=Nc1ccc(C(=O)NC[C@H](O)CNc2ccc(NC(=O)CO)cc2)s1. The molecule has 5 N–H and O–H groups in total. The fourth-order valence-electron chi connectivity index (χ4n) is 2.07. The van der Waals surface area contributed by atoms with E-state index in [1.54, 1.807) is 36.4 Å². The number of rotatable bonds is 9. The number of nitrogens with one attached hydrogen (secondary N) is 3. The van der Waals surface area contributed by atoms with Crippen LogP contribution in [-0.2, 0) is 4.79 Å². The van der Waals surface area contributed by atoms with Crippen LogP contribution in [0.1, 0.15) is 9.67 Å². The van der Waals surface area contributed by atoms with Gasteiger partial charge in [0, 0.05) is 24.5 Å². The molecular weight excluding hydrogens is 368 g/mol. The Morgan fingerprint density at radius 3 is 2.52 bits per heavy atom. The van der Waals surface area contributed by atoms with Crippen LogP contribution in [0.4, 0.5) is 16.4 Å². The third kappa shape index (κ3) is 6.69. The van der Waals surface area contributed by atoms with Crippen molar-refractivity contribution in [2.75, 3.05) is 30.3 Å². The minimum Gasteiger partial charge on any atom is -0.389 e. The molecule has 0 unspecified atom stereocenters. The summed E-state index contributed by atoms with van der Waals surface area (Å²) >= 11 is 1.21. The maximum absolute atomic E-state index is 12.0. The number of hydrogen-bond donors (Lipinski definition) is 5. The van der Waals surface area contributed by atoms with E-state index in [4.69, 9.17) is 5.11 Å². The number of nitrogens with zero attached hydrogens (tertiary/aromatic N) is 1. The normalized spacial score (nSPS) is 11.2. The second-order valence-electron chi connectivity index (χ2n) is 5.44. The van der Waals surface area contributed by atoms with Gasteiger partial charge in [0.1, 0.15) is 11.6 Å². The fourth-order valence-corrected chi connectivity index (χ4v) is 2.84. The maximum Gasteiger partial charge on any atom is 0.261 e. The number of anilines is 2. The molecule has 1 aromatic heterocycles. The standard InChI is InChI=1S/C18H20N4O4S/c1-2-19-17-8-7-15(27-17)18(26)21-10-14(24)9-20-12-3-5-13(6-4-12)22-16(25)11-23/h3-8,14,20,23-24H,1,9-11H2,(H,21,26)(H,22,25)/t14-/m1/s1. The van der Waals surface area contributed by atoms with E-state index in [9.17, 15) is 14.7 Å². The predicted octanol–water partition coefficient (Wildman–Crippen LogP) is 1.37. The average Bonchev–Trinajstić information content (AvgIpc) is 3.14. The number of aliphatic imine (C=N–C) groups is 1. The largest absolute Gasteiger partial charge is 0.389 e. The smallest absolute Gasteiger partial charge is 0.261 e. The lowest BCUT2D eigenvalue weighted by Gasteiger charge is -2.14. The summed E-state index contributed by atoms with van der Waals surface area (Å²) in [6, 6.07) is 10.1. The minimum absolute atomic E-state index is 0.0917. The quantitative estimate of drug-likeness (QED) is 0.415. The van der Waals surface area contributed by atoms with Crippen LogP contribution in [-0.4, -0.2) is 53.7 Å². The zero-order chi connectivity index (χ0) is 19.6. The van der Waals surface area contributed by atoms with Gasteiger partial charge in [-0.05, 0) is 48.8 Å². The zero-order valence-electron chi connectivity index (χ0n) is 14.4. The molecule has 0 saturated carbocycles. The van der Waals surface area contributed by atoms with Gasteiger partial charge >= 0.3 is 0 Å². The predicted molar refractivity (Wildman–Crippen MR) is 106 cm³/mol. The Kier molecular flexibility index (Phi) is 7.72. The van der Waals surface area contributed by atoms with E-state index in [1.165, 1.54) is 11.3 Å². The van der Waals surface area contributed by atoms with Crippen LogP contribution in [0.25, 0.3) is 0 Å². The fraction of sp³-hybridized carbons (Fsp3) is 0.222. The van der Waals surface area contributed by atoms with Crippen LogP contribution >= 0.6 is 11.3 Å². The first-order valence-corrected chi connectivity index (χ1v) is 8.87. The number of hydrogen-bond acceptors (Lipinski definition) is 7. The number of carbonyl (C=O) groups is 2. The molecule has 9 heteroatoms. The van der Waals surface area contributed by atoms with E-state index in [1.807, 2.05) is 0 Å². The summed E-state index contributed by atoms with van der Waals surface area (Å²) in [4.78, 5) is 27.5. The Morgan fingerprint density at radius 1 is 1.15 bits per heavy atom. The van der Waals surface area contributed by atoms with Gasteiger partial charge in [0.15, 0.2) is 0 Å². The Labute approximate surface area is 160 Å². The summed E-state index contributed by atoms with van der Waals surface area (Å²) in [5.41, 5.74) is 1.30. The van der Waals surface area contributed by atoms with Crippen molar-refractivity contribution in [2.45, 2.75) is 6.10 Å². The Balaban J connectivity index is 1.75. The zero-order valence-corrected chi connectivity index (χ0v) is 15.3. The van der Waals surface area contributed by atoms with Crippen molar-refractivity contribution in [3.63, 3.8) is 0 Å². The molecule has 2 rings (SSSR count). The highest BCUT2D eigenvalue weighted by atomic mass is 32.1. The molecule has 0 fully saturated rings. The summed E-state index contributed by atoms with van der Waals surface area (Å²) in [5, 5.41) is 27.5. The topological polar surface area (TPSA) is 123 Å². The van der Waals surface area contributed by atoms with Gasteiger partial charge in [-0.15, -0.1) is 11.3 Å². The summed E-state index contributed by atoms with van der Waals surface area (Å²) < 4.78 is 0. The Bertz CT molecular complexity index is 828. The molecular formula is C18H20N4O4S. The summed E-state index contributed by atoms with van der Waals surface area (Å²) in [7, 11) is 0. The van der Waals surface area contributed by atoms with Gasteiger partial charge in [0.2, 0.25) is 5.91 Å². The second kappa shape index (κ2) is 10.2. The van der Waals surface area contributed by atoms with Crippen LogP contribution in [0.2, 0.25) is 0 Å². The number of amides is 2. The van der Waals surface area contributed by atoms with E-state index in [0.717, 1.165) is 5.69 Å². The number of aliphatic hydroxyl groups excluding tert-OH is 2. The van der Waals surface area contributed by atoms with Gasteiger partial charge in [-0.1, -0.05) is 0 Å². The van der Waals surface area contributed by atoms with Crippen LogP contribution in [0.3, 0.4) is 0 Å². The summed E-state index contributed by atoms with van der Waals surface area (Å²) in [6.07, 6.45) is -0.784. The van der Waals surface area contributed by atoms with Gasteiger partial charge in [-0.3, -0.25) is 9.59 Å². The van der Waals surface area contributed by atoms with E-state index >= 15 is 0 Å². The highest BCUT2D eigenvalue weighted by Gasteiger charge is 2.11. The molecule has 142 valence electrons. The molecule has 1 atom stereocenters. The van der Waals surface area contributed by atoms with E-state index < -0.39 is 18.6 Å².